The van der Waals surface area contributed by atoms with Gasteiger partial charge in [0.1, 0.15) is 17.0 Å². The lowest BCUT2D eigenvalue weighted by molar-refractivity contribution is -0.193. The molecule has 2 aromatic heterocycles. The molecule has 3 heterocycles. The number of hydrogen-bond donors (Lipinski definition) is 2. The van der Waals surface area contributed by atoms with Gasteiger partial charge >= 0.3 is 24.3 Å². The molecule has 0 bridgehead atoms. The Morgan fingerprint density at radius 1 is 0.892 bits per heavy atom. The number of carboxylic acids is 2. The van der Waals surface area contributed by atoms with E-state index in [4.69, 9.17) is 19.8 Å². The lowest BCUT2D eigenvalue weighted by Gasteiger charge is -2.33. The molecule has 4 rings (SSSR count). The number of piperazine rings is 1. The first-order valence-electron chi connectivity index (χ1n) is 10.4. The fraction of sp³-hybridized carbons (Fsp3) is 0.364. The summed E-state index contributed by atoms with van der Waals surface area (Å²) in [5, 5.41) is 17.7. The lowest BCUT2D eigenvalue weighted by atomic mass is 10.0. The summed E-state index contributed by atoms with van der Waals surface area (Å²) in [5.74, 6) is -4.43. The van der Waals surface area contributed by atoms with E-state index >= 15 is 0 Å². The molecule has 0 amide bonds. The van der Waals surface area contributed by atoms with Crippen molar-refractivity contribution >= 4 is 39.3 Å². The van der Waals surface area contributed by atoms with Crippen molar-refractivity contribution in [3.8, 4) is 11.1 Å². The maximum absolute atomic E-state index is 10.6. The molecule has 2 N–H and O–H groups in total. The van der Waals surface area contributed by atoms with Crippen LogP contribution in [0.2, 0.25) is 0 Å². The Morgan fingerprint density at radius 3 is 1.84 bits per heavy atom. The van der Waals surface area contributed by atoms with Crippen LogP contribution in [0.5, 0.6) is 0 Å². The molecule has 0 radical (unpaired) electrons. The molecular weight excluding hydrogens is 530 g/mol. The van der Waals surface area contributed by atoms with Crippen LogP contribution < -0.4 is 4.90 Å². The summed E-state index contributed by atoms with van der Waals surface area (Å²) in [6, 6.07) is 8.71. The van der Waals surface area contributed by atoms with Crippen molar-refractivity contribution in [3.63, 3.8) is 0 Å². The molecule has 1 aliphatic rings. The number of rotatable bonds is 2. The van der Waals surface area contributed by atoms with Crippen molar-refractivity contribution in [2.75, 3.05) is 38.1 Å². The zero-order chi connectivity index (χ0) is 28.0. The molecule has 15 heteroatoms. The van der Waals surface area contributed by atoms with Gasteiger partial charge in [-0.1, -0.05) is 29.8 Å². The van der Waals surface area contributed by atoms with E-state index in [1.54, 1.807) is 17.7 Å². The second-order valence-electron chi connectivity index (χ2n) is 7.79. The van der Waals surface area contributed by atoms with Gasteiger partial charge in [0.15, 0.2) is 0 Å². The number of aromatic nitrogens is 2. The number of carbonyl (C=O) groups is 2. The Balaban J connectivity index is 0.000000286. The topological polar surface area (TPSA) is 107 Å². The second-order valence-corrected chi connectivity index (χ2v) is 8.65. The first-order chi connectivity index (χ1) is 17.1. The standard InChI is InChI=1S/C18H20N4S.2C2HF3O2/c1-13-3-5-14(6-4-13)15-11-23-18-16(15)17(19-12-20-18)22-9-7-21(2)8-10-22;2*3-2(4,5)1(6)7/h3-6,11-12H,7-10H2,1-2H3;2*(H,6,7). The van der Waals surface area contributed by atoms with Gasteiger partial charge < -0.3 is 20.0 Å². The summed E-state index contributed by atoms with van der Waals surface area (Å²) in [6.07, 6.45) is -8.47. The maximum Gasteiger partial charge on any atom is 0.490 e. The number of benzene rings is 1. The number of anilines is 1. The normalized spacial score (nSPS) is 14.3. The highest BCUT2D eigenvalue weighted by Gasteiger charge is 2.38. The first kappa shape index (κ1) is 29.8. The van der Waals surface area contributed by atoms with E-state index in [2.05, 4.69) is 63.4 Å². The van der Waals surface area contributed by atoms with E-state index < -0.39 is 24.3 Å². The Morgan fingerprint density at radius 2 is 1.38 bits per heavy atom. The third-order valence-electron chi connectivity index (χ3n) is 5.00. The van der Waals surface area contributed by atoms with Crippen molar-refractivity contribution in [1.82, 2.24) is 14.9 Å². The van der Waals surface area contributed by atoms with Crippen LogP contribution in [-0.4, -0.2) is 82.6 Å². The van der Waals surface area contributed by atoms with Gasteiger partial charge in [-0.15, -0.1) is 11.3 Å². The van der Waals surface area contributed by atoms with E-state index in [1.807, 2.05) is 0 Å². The van der Waals surface area contributed by atoms with Crippen LogP contribution in [0.25, 0.3) is 21.3 Å². The van der Waals surface area contributed by atoms with E-state index in [0.717, 1.165) is 36.8 Å². The zero-order valence-electron chi connectivity index (χ0n) is 19.5. The molecule has 8 nitrogen and oxygen atoms in total. The molecular formula is C22H22F6N4O4S. The molecule has 0 atom stereocenters. The number of halogens is 6. The average molecular weight is 552 g/mol. The molecule has 1 aliphatic heterocycles. The number of nitrogens with zero attached hydrogens (tertiary/aromatic N) is 4. The minimum absolute atomic E-state index is 1.02. The SMILES string of the molecule is Cc1ccc(-c2csc3ncnc(N4CCN(C)CC4)c23)cc1.O=C(O)C(F)(F)F.O=C(O)C(F)(F)F. The maximum atomic E-state index is 10.6. The van der Waals surface area contributed by atoms with Gasteiger partial charge in [-0.05, 0) is 19.5 Å². The predicted molar refractivity (Wildman–Crippen MR) is 125 cm³/mol. The molecule has 0 unspecified atom stereocenters. The summed E-state index contributed by atoms with van der Waals surface area (Å²) in [5.41, 5.74) is 3.77. The minimum atomic E-state index is -5.08. The summed E-state index contributed by atoms with van der Waals surface area (Å²) in [7, 11) is 2.18. The first-order valence-corrected chi connectivity index (χ1v) is 11.3. The lowest BCUT2D eigenvalue weighted by Crippen LogP contribution is -2.44. The highest BCUT2D eigenvalue weighted by molar-refractivity contribution is 7.17. The summed E-state index contributed by atoms with van der Waals surface area (Å²) < 4.78 is 63.5. The van der Waals surface area contributed by atoms with Crippen molar-refractivity contribution in [2.45, 2.75) is 19.3 Å². The summed E-state index contributed by atoms with van der Waals surface area (Å²) >= 11 is 1.70. The van der Waals surface area contributed by atoms with Crippen LogP contribution >= 0.6 is 11.3 Å². The molecule has 3 aromatic rings. The number of carboxylic acid groups (broad SMARTS) is 2. The summed E-state index contributed by atoms with van der Waals surface area (Å²) in [6.45, 7) is 6.32. The quantitative estimate of drug-likeness (QED) is 0.442. The van der Waals surface area contributed by atoms with Gasteiger partial charge in [0.05, 0.1) is 5.39 Å². The van der Waals surface area contributed by atoms with Gasteiger partial charge in [-0.2, -0.15) is 26.3 Å². The van der Waals surface area contributed by atoms with Gasteiger partial charge in [0, 0.05) is 37.1 Å². The number of aryl methyl sites for hydroxylation is 1. The Labute approximate surface area is 210 Å². The number of thiophene rings is 1. The monoisotopic (exact) mass is 552 g/mol. The van der Waals surface area contributed by atoms with Crippen LogP contribution in [-0.2, 0) is 9.59 Å². The van der Waals surface area contributed by atoms with Crippen LogP contribution in [0.3, 0.4) is 0 Å². The summed E-state index contributed by atoms with van der Waals surface area (Å²) in [4.78, 5) is 32.7. The molecule has 1 saturated heterocycles. The zero-order valence-corrected chi connectivity index (χ0v) is 20.3. The van der Waals surface area contributed by atoms with Crippen LogP contribution in [0, 0.1) is 6.92 Å². The number of aliphatic carboxylic acids is 2. The van der Waals surface area contributed by atoms with Crippen molar-refractivity contribution in [3.05, 3.63) is 41.5 Å². The fourth-order valence-electron chi connectivity index (χ4n) is 3.06. The third kappa shape index (κ3) is 8.56. The molecule has 1 aromatic carbocycles. The van der Waals surface area contributed by atoms with Crippen LogP contribution in [0.15, 0.2) is 36.0 Å². The van der Waals surface area contributed by atoms with Gasteiger partial charge in [-0.3, -0.25) is 0 Å². The highest BCUT2D eigenvalue weighted by Crippen LogP contribution is 2.38. The van der Waals surface area contributed by atoms with E-state index in [-0.39, 0.29) is 0 Å². The van der Waals surface area contributed by atoms with Crippen molar-refractivity contribution in [2.24, 2.45) is 0 Å². The van der Waals surface area contributed by atoms with E-state index in [1.165, 1.54) is 22.1 Å². The second kappa shape index (κ2) is 12.2. The molecule has 0 spiro atoms. The molecule has 0 aliphatic carbocycles. The Hall–Kier alpha value is -3.46. The molecule has 202 valence electrons. The molecule has 37 heavy (non-hydrogen) atoms. The van der Waals surface area contributed by atoms with Gasteiger partial charge in [-0.25, -0.2) is 19.6 Å². The largest absolute Gasteiger partial charge is 0.490 e. The van der Waals surface area contributed by atoms with Crippen molar-refractivity contribution in [1.29, 1.82) is 0 Å². The van der Waals surface area contributed by atoms with Crippen molar-refractivity contribution < 1.29 is 46.1 Å². The van der Waals surface area contributed by atoms with Gasteiger partial charge in [0.2, 0.25) is 0 Å². The smallest absolute Gasteiger partial charge is 0.475 e. The van der Waals surface area contributed by atoms with Crippen LogP contribution in [0.1, 0.15) is 5.56 Å². The Bertz CT molecular complexity index is 1180. The van der Waals surface area contributed by atoms with Gasteiger partial charge in [0.25, 0.3) is 0 Å². The Kier molecular flexibility index (Phi) is 9.80. The van der Waals surface area contributed by atoms with E-state index in [9.17, 15) is 26.3 Å². The fourth-order valence-corrected chi connectivity index (χ4v) is 3.97. The van der Waals surface area contributed by atoms with Crippen LogP contribution in [0.4, 0.5) is 32.2 Å². The number of alkyl halides is 6. The third-order valence-corrected chi connectivity index (χ3v) is 5.89. The predicted octanol–water partition coefficient (Wildman–Crippen LogP) is 4.69. The highest BCUT2D eigenvalue weighted by atomic mass is 32.1. The average Bonchev–Trinajstić information content (AvgIpc) is 3.24. The number of fused-ring (bicyclic) bond motifs is 1. The minimum Gasteiger partial charge on any atom is -0.475 e. The molecule has 1 fully saturated rings. The number of hydrogen-bond acceptors (Lipinski definition) is 7. The molecule has 0 saturated carbocycles. The van der Waals surface area contributed by atoms with E-state index in [0.29, 0.717) is 0 Å². The number of likely N-dealkylation sites (N-methyl/N-ethyl adjacent to an activating group) is 1.